The average molecular weight is 290 g/mol. The number of nitrogens with two attached hydrogens (primary N) is 1. The molecular weight excluding hydrogens is 272 g/mol. The van der Waals surface area contributed by atoms with Crippen molar-refractivity contribution in [3.05, 3.63) is 0 Å². The third-order valence-electron chi connectivity index (χ3n) is 2.63. The minimum atomic E-state index is -1.55. The molecule has 0 aromatic heterocycles. The molecule has 0 bridgehead atoms. The van der Waals surface area contributed by atoms with E-state index >= 15 is 0 Å². The molecule has 0 saturated carbocycles. The van der Waals surface area contributed by atoms with Crippen LogP contribution in [0.3, 0.4) is 0 Å². The minimum Gasteiger partial charge on any atom is -0.481 e. The molecule has 6 N–H and O–H groups in total. The van der Waals surface area contributed by atoms with Gasteiger partial charge in [0.15, 0.2) is 0 Å². The van der Waals surface area contributed by atoms with Gasteiger partial charge in [0.05, 0.1) is 5.54 Å². The van der Waals surface area contributed by atoms with Crippen LogP contribution in [-0.4, -0.2) is 50.7 Å². The Bertz CT molecular complexity index is 406. The topological polar surface area (TPSA) is 167 Å². The number of hydrogen-bond donors (Lipinski definition) is 5. The molecule has 0 heterocycles. The lowest BCUT2D eigenvalue weighted by atomic mass is 9.95. The Morgan fingerprint density at radius 3 is 2.00 bits per heavy atom. The van der Waals surface area contributed by atoms with Crippen LogP contribution >= 0.6 is 0 Å². The number of aliphatic carboxylic acids is 3. The molecule has 0 aromatic carbocycles. The maximum atomic E-state index is 11.8. The first kappa shape index (κ1) is 17.8. The van der Waals surface area contributed by atoms with Gasteiger partial charge in [-0.1, -0.05) is 0 Å². The molecule has 0 spiro atoms. The van der Waals surface area contributed by atoms with E-state index in [-0.39, 0.29) is 19.3 Å². The van der Waals surface area contributed by atoms with Gasteiger partial charge in [-0.3, -0.25) is 14.4 Å². The zero-order valence-electron chi connectivity index (χ0n) is 11.0. The van der Waals surface area contributed by atoms with Gasteiger partial charge in [-0.25, -0.2) is 4.79 Å². The van der Waals surface area contributed by atoms with Crippen molar-refractivity contribution >= 4 is 23.8 Å². The van der Waals surface area contributed by atoms with Crippen LogP contribution < -0.4 is 11.1 Å². The Hall–Kier alpha value is -2.16. The van der Waals surface area contributed by atoms with Crippen molar-refractivity contribution in [2.75, 3.05) is 0 Å². The van der Waals surface area contributed by atoms with Crippen molar-refractivity contribution in [2.24, 2.45) is 5.73 Å². The average Bonchev–Trinajstić information content (AvgIpc) is 2.31. The fraction of sp³-hybridized carbons (Fsp3) is 0.636. The summed E-state index contributed by atoms with van der Waals surface area (Å²) in [6.07, 6.45) is -1.22. The molecule has 9 heteroatoms. The molecule has 9 nitrogen and oxygen atoms in total. The summed E-state index contributed by atoms with van der Waals surface area (Å²) in [5.74, 6) is -4.54. The maximum absolute atomic E-state index is 11.8. The molecule has 0 aromatic rings. The first-order chi connectivity index (χ1) is 9.06. The normalized spacial score (nSPS) is 14.9. The van der Waals surface area contributed by atoms with E-state index in [1.54, 1.807) is 0 Å². The highest BCUT2D eigenvalue weighted by Gasteiger charge is 2.32. The van der Waals surface area contributed by atoms with E-state index in [0.717, 1.165) is 0 Å². The van der Waals surface area contributed by atoms with Crippen molar-refractivity contribution in [3.63, 3.8) is 0 Å². The number of carbonyl (C=O) groups excluding carboxylic acids is 1. The maximum Gasteiger partial charge on any atom is 0.326 e. The van der Waals surface area contributed by atoms with Crippen molar-refractivity contribution < 1.29 is 34.5 Å². The largest absolute Gasteiger partial charge is 0.481 e. The SMILES string of the molecule is C[C@](N)(CCC(=O)O)C(=O)N[C@@H](CCC(=O)O)C(=O)O. The van der Waals surface area contributed by atoms with Gasteiger partial charge in [0.25, 0.3) is 0 Å². The monoisotopic (exact) mass is 290 g/mol. The number of rotatable bonds is 9. The van der Waals surface area contributed by atoms with E-state index < -0.39 is 41.8 Å². The summed E-state index contributed by atoms with van der Waals surface area (Å²) in [5, 5.41) is 28.0. The molecular formula is C11H18N2O7. The smallest absolute Gasteiger partial charge is 0.326 e. The fourth-order valence-corrected chi connectivity index (χ4v) is 1.33. The van der Waals surface area contributed by atoms with Crippen LogP contribution in [0, 0.1) is 0 Å². The molecule has 0 fully saturated rings. The van der Waals surface area contributed by atoms with Gasteiger partial charge in [-0.05, 0) is 19.8 Å². The lowest BCUT2D eigenvalue weighted by Gasteiger charge is -2.25. The summed E-state index contributed by atoms with van der Waals surface area (Å²) in [4.78, 5) is 43.5. The van der Waals surface area contributed by atoms with E-state index in [4.69, 9.17) is 21.1 Å². The van der Waals surface area contributed by atoms with Crippen LogP contribution in [-0.2, 0) is 19.2 Å². The molecule has 0 aliphatic heterocycles. The molecule has 0 aliphatic carbocycles. The molecule has 1 amide bonds. The Labute approximate surface area is 114 Å². The summed E-state index contributed by atoms with van der Waals surface area (Å²) in [5.41, 5.74) is 4.08. The lowest BCUT2D eigenvalue weighted by Crippen LogP contribution is -2.56. The number of carboxylic acids is 3. The van der Waals surface area contributed by atoms with Crippen molar-refractivity contribution in [2.45, 2.75) is 44.2 Å². The van der Waals surface area contributed by atoms with Crippen LogP contribution in [0.25, 0.3) is 0 Å². The molecule has 0 rings (SSSR count). The summed E-state index contributed by atoms with van der Waals surface area (Å²) in [7, 11) is 0. The van der Waals surface area contributed by atoms with E-state index in [1.165, 1.54) is 6.92 Å². The second-order valence-electron chi connectivity index (χ2n) is 4.61. The minimum absolute atomic E-state index is 0.167. The highest BCUT2D eigenvalue weighted by Crippen LogP contribution is 2.10. The Balaban J connectivity index is 4.61. The van der Waals surface area contributed by atoms with E-state index in [1.807, 2.05) is 0 Å². The van der Waals surface area contributed by atoms with E-state index in [0.29, 0.717) is 0 Å². The molecule has 20 heavy (non-hydrogen) atoms. The quantitative estimate of drug-likeness (QED) is 0.360. The zero-order valence-corrected chi connectivity index (χ0v) is 11.0. The van der Waals surface area contributed by atoms with Crippen molar-refractivity contribution in [1.82, 2.24) is 5.32 Å². The van der Waals surface area contributed by atoms with Gasteiger partial charge in [0, 0.05) is 12.8 Å². The summed E-state index contributed by atoms with van der Waals surface area (Å²) < 4.78 is 0. The first-order valence-electron chi connectivity index (χ1n) is 5.82. The lowest BCUT2D eigenvalue weighted by molar-refractivity contribution is -0.144. The fourth-order valence-electron chi connectivity index (χ4n) is 1.33. The van der Waals surface area contributed by atoms with Gasteiger partial charge in [0.1, 0.15) is 6.04 Å². The van der Waals surface area contributed by atoms with E-state index in [2.05, 4.69) is 5.32 Å². The zero-order chi connectivity index (χ0) is 15.9. The van der Waals surface area contributed by atoms with Crippen LogP contribution in [0.1, 0.15) is 32.6 Å². The third kappa shape index (κ3) is 6.69. The number of carboxylic acid groups (broad SMARTS) is 3. The van der Waals surface area contributed by atoms with Gasteiger partial charge in [0.2, 0.25) is 5.91 Å². The molecule has 0 radical (unpaired) electrons. The summed E-state index contributed by atoms with van der Waals surface area (Å²) in [6, 6.07) is -1.38. The predicted molar refractivity (Wildman–Crippen MR) is 65.9 cm³/mol. The highest BCUT2D eigenvalue weighted by molar-refractivity contribution is 5.90. The number of amides is 1. The van der Waals surface area contributed by atoms with Crippen LogP contribution in [0.5, 0.6) is 0 Å². The van der Waals surface area contributed by atoms with Gasteiger partial charge in [-0.2, -0.15) is 0 Å². The van der Waals surface area contributed by atoms with Crippen LogP contribution in [0.2, 0.25) is 0 Å². The van der Waals surface area contributed by atoms with Gasteiger partial charge >= 0.3 is 17.9 Å². The van der Waals surface area contributed by atoms with Crippen LogP contribution in [0.15, 0.2) is 0 Å². The van der Waals surface area contributed by atoms with Crippen molar-refractivity contribution in [1.29, 1.82) is 0 Å². The highest BCUT2D eigenvalue weighted by atomic mass is 16.4. The molecule has 2 atom stereocenters. The number of nitrogens with one attached hydrogen (secondary N) is 1. The van der Waals surface area contributed by atoms with Crippen molar-refractivity contribution in [3.8, 4) is 0 Å². The summed E-state index contributed by atoms with van der Waals surface area (Å²) in [6.45, 7) is 1.28. The second kappa shape index (κ2) is 7.43. The van der Waals surface area contributed by atoms with Gasteiger partial charge < -0.3 is 26.4 Å². The third-order valence-corrected chi connectivity index (χ3v) is 2.63. The number of hydrogen-bond acceptors (Lipinski definition) is 5. The second-order valence-corrected chi connectivity index (χ2v) is 4.61. The summed E-state index contributed by atoms with van der Waals surface area (Å²) >= 11 is 0. The van der Waals surface area contributed by atoms with Gasteiger partial charge in [-0.15, -0.1) is 0 Å². The molecule has 0 aliphatic rings. The molecule has 114 valence electrons. The predicted octanol–water partition coefficient (Wildman–Crippen LogP) is -0.997. The molecule has 0 unspecified atom stereocenters. The standard InChI is InChI=1S/C11H18N2O7/c1-11(12,5-4-8(16)17)10(20)13-6(9(18)19)2-3-7(14)15/h6H,2-5,12H2,1H3,(H,13,20)(H,14,15)(H,16,17)(H,18,19)/t6-,11-/m0/s1. The Morgan fingerprint density at radius 2 is 1.60 bits per heavy atom. The Morgan fingerprint density at radius 1 is 1.10 bits per heavy atom. The Kier molecular flexibility index (Phi) is 6.63. The first-order valence-corrected chi connectivity index (χ1v) is 5.82. The number of carbonyl (C=O) groups is 4. The molecule has 0 saturated heterocycles. The van der Waals surface area contributed by atoms with Crippen LogP contribution in [0.4, 0.5) is 0 Å². The van der Waals surface area contributed by atoms with E-state index in [9.17, 15) is 19.2 Å².